The molecule has 6 heteroatoms. The zero-order valence-corrected chi connectivity index (χ0v) is 9.93. The summed E-state index contributed by atoms with van der Waals surface area (Å²) in [5.41, 5.74) is 0. The molecule has 0 aromatic heterocycles. The van der Waals surface area contributed by atoms with Gasteiger partial charge in [0, 0.05) is 11.4 Å². The second-order valence-electron chi connectivity index (χ2n) is 3.96. The van der Waals surface area contributed by atoms with Crippen LogP contribution >= 0.6 is 0 Å². The van der Waals surface area contributed by atoms with Crippen molar-refractivity contribution >= 4 is 10.0 Å². The monoisotopic (exact) mass is 253 g/mol. The zero-order valence-electron chi connectivity index (χ0n) is 9.11. The number of halogens is 2. The van der Waals surface area contributed by atoms with E-state index in [0.717, 1.165) is 29.0 Å². The third kappa shape index (κ3) is 3.52. The van der Waals surface area contributed by atoms with E-state index in [1.165, 1.54) is 0 Å². The Balaban J connectivity index is 2.81. The van der Waals surface area contributed by atoms with Crippen molar-refractivity contribution in [3.05, 3.63) is 12.0 Å². The van der Waals surface area contributed by atoms with Gasteiger partial charge in [-0.05, 0) is 12.8 Å². The Kier molecular flexibility index (Phi) is 4.86. The lowest BCUT2D eigenvalue weighted by atomic mass is 9.95. The number of nitrogens with zero attached hydrogens (tertiary/aromatic N) is 1. The van der Waals surface area contributed by atoms with Gasteiger partial charge in [0.25, 0.3) is 6.43 Å². The number of rotatable bonds is 5. The van der Waals surface area contributed by atoms with Crippen LogP contribution in [0.2, 0.25) is 0 Å². The maximum Gasteiger partial charge on any atom is 0.252 e. The van der Waals surface area contributed by atoms with Crippen LogP contribution in [-0.4, -0.2) is 31.7 Å². The van der Waals surface area contributed by atoms with Crippen molar-refractivity contribution in [1.82, 2.24) is 4.31 Å². The Bertz CT molecular complexity index is 324. The summed E-state index contributed by atoms with van der Waals surface area (Å²) in [5.74, 6) is 0. The predicted molar refractivity (Wildman–Crippen MR) is 58.7 cm³/mol. The standard InChI is InChI=1S/C10H17F2NO2S/c1-2-16(14,15)13(8-10(11)12)9-6-4-3-5-7-9/h2,9-10H,1,3-8H2. The minimum absolute atomic E-state index is 0.286. The normalized spacial score (nSPS) is 19.2. The zero-order chi connectivity index (χ0) is 12.2. The molecule has 1 aliphatic rings. The van der Waals surface area contributed by atoms with Crippen molar-refractivity contribution in [1.29, 1.82) is 0 Å². The van der Waals surface area contributed by atoms with Gasteiger partial charge < -0.3 is 0 Å². The minimum atomic E-state index is -3.74. The molecule has 0 amide bonds. The summed E-state index contributed by atoms with van der Waals surface area (Å²) >= 11 is 0. The molecular formula is C10H17F2NO2S. The summed E-state index contributed by atoms with van der Waals surface area (Å²) < 4.78 is 48.9. The van der Waals surface area contributed by atoms with Gasteiger partial charge in [0.05, 0.1) is 6.54 Å². The van der Waals surface area contributed by atoms with Gasteiger partial charge in [0.1, 0.15) is 0 Å². The van der Waals surface area contributed by atoms with E-state index in [0.29, 0.717) is 12.8 Å². The summed E-state index contributed by atoms with van der Waals surface area (Å²) in [6.45, 7) is 2.46. The molecule has 1 saturated carbocycles. The lowest BCUT2D eigenvalue weighted by Crippen LogP contribution is -2.43. The van der Waals surface area contributed by atoms with Crippen LogP contribution in [0, 0.1) is 0 Å². The van der Waals surface area contributed by atoms with Crippen LogP contribution in [0.3, 0.4) is 0 Å². The minimum Gasteiger partial charge on any atom is -0.209 e. The van der Waals surface area contributed by atoms with Crippen molar-refractivity contribution in [2.45, 2.75) is 44.6 Å². The van der Waals surface area contributed by atoms with Gasteiger partial charge >= 0.3 is 0 Å². The first-order chi connectivity index (χ1) is 7.47. The Morgan fingerprint density at radius 2 is 1.88 bits per heavy atom. The molecule has 0 saturated heterocycles. The van der Waals surface area contributed by atoms with E-state index >= 15 is 0 Å². The molecule has 0 unspecified atom stereocenters. The van der Waals surface area contributed by atoms with Crippen LogP contribution in [0.4, 0.5) is 8.78 Å². The number of hydrogen-bond donors (Lipinski definition) is 0. The average Bonchev–Trinajstić information content (AvgIpc) is 2.27. The van der Waals surface area contributed by atoms with Crippen LogP contribution in [0.5, 0.6) is 0 Å². The summed E-state index contributed by atoms with van der Waals surface area (Å²) in [5, 5.41) is 0.754. The fraction of sp³-hybridized carbons (Fsp3) is 0.800. The van der Waals surface area contributed by atoms with Gasteiger partial charge in [-0.2, -0.15) is 4.31 Å². The fourth-order valence-electron chi connectivity index (χ4n) is 2.06. The molecule has 94 valence electrons. The van der Waals surface area contributed by atoms with Gasteiger partial charge in [-0.25, -0.2) is 17.2 Å². The highest BCUT2D eigenvalue weighted by molar-refractivity contribution is 7.92. The first kappa shape index (κ1) is 13.6. The molecule has 16 heavy (non-hydrogen) atoms. The van der Waals surface area contributed by atoms with Crippen LogP contribution < -0.4 is 0 Å². The molecule has 1 fully saturated rings. The summed E-state index contributed by atoms with van der Waals surface area (Å²) in [4.78, 5) is 0. The maximum atomic E-state index is 12.4. The summed E-state index contributed by atoms with van der Waals surface area (Å²) in [7, 11) is -3.74. The van der Waals surface area contributed by atoms with Crippen LogP contribution in [0.1, 0.15) is 32.1 Å². The average molecular weight is 253 g/mol. The van der Waals surface area contributed by atoms with Gasteiger partial charge in [-0.15, -0.1) is 0 Å². The van der Waals surface area contributed by atoms with Crippen molar-refractivity contribution in [2.24, 2.45) is 0 Å². The Morgan fingerprint density at radius 3 is 2.31 bits per heavy atom. The highest BCUT2D eigenvalue weighted by atomic mass is 32.2. The van der Waals surface area contributed by atoms with E-state index in [-0.39, 0.29) is 6.04 Å². The topological polar surface area (TPSA) is 37.4 Å². The quantitative estimate of drug-likeness (QED) is 0.754. The summed E-state index contributed by atoms with van der Waals surface area (Å²) in [6.07, 6.45) is 1.54. The number of alkyl halides is 2. The molecule has 0 bridgehead atoms. The van der Waals surface area contributed by atoms with Crippen LogP contribution in [0.25, 0.3) is 0 Å². The van der Waals surface area contributed by atoms with Crippen LogP contribution in [0.15, 0.2) is 12.0 Å². The smallest absolute Gasteiger partial charge is 0.209 e. The van der Waals surface area contributed by atoms with E-state index in [9.17, 15) is 17.2 Å². The van der Waals surface area contributed by atoms with E-state index in [2.05, 4.69) is 6.58 Å². The SMILES string of the molecule is C=CS(=O)(=O)N(CC(F)F)C1CCCCC1. The third-order valence-electron chi connectivity index (χ3n) is 2.84. The molecule has 3 nitrogen and oxygen atoms in total. The van der Waals surface area contributed by atoms with Crippen molar-refractivity contribution in [3.63, 3.8) is 0 Å². The molecule has 0 N–H and O–H groups in total. The van der Waals surface area contributed by atoms with E-state index in [4.69, 9.17) is 0 Å². The Morgan fingerprint density at radius 1 is 1.31 bits per heavy atom. The second kappa shape index (κ2) is 5.72. The molecule has 0 radical (unpaired) electrons. The first-order valence-electron chi connectivity index (χ1n) is 5.40. The van der Waals surface area contributed by atoms with E-state index in [1.807, 2.05) is 0 Å². The van der Waals surface area contributed by atoms with Gasteiger partial charge in [0.15, 0.2) is 0 Å². The fourth-order valence-corrected chi connectivity index (χ4v) is 3.20. The van der Waals surface area contributed by atoms with Crippen LogP contribution in [-0.2, 0) is 10.0 Å². The lowest BCUT2D eigenvalue weighted by molar-refractivity contribution is 0.0993. The summed E-state index contributed by atoms with van der Waals surface area (Å²) in [6, 6.07) is -0.286. The largest absolute Gasteiger partial charge is 0.252 e. The molecule has 1 aliphatic carbocycles. The molecule has 0 atom stereocenters. The molecular weight excluding hydrogens is 236 g/mol. The van der Waals surface area contributed by atoms with Crippen molar-refractivity contribution in [2.75, 3.05) is 6.54 Å². The molecule has 0 aromatic rings. The highest BCUT2D eigenvalue weighted by Gasteiger charge is 2.31. The lowest BCUT2D eigenvalue weighted by Gasteiger charge is -2.32. The van der Waals surface area contributed by atoms with E-state index < -0.39 is 23.0 Å². The van der Waals surface area contributed by atoms with Crippen molar-refractivity contribution < 1.29 is 17.2 Å². The third-order valence-corrected chi connectivity index (χ3v) is 4.36. The Labute approximate surface area is 95.2 Å². The van der Waals surface area contributed by atoms with Gasteiger partial charge in [-0.3, -0.25) is 0 Å². The number of hydrogen-bond acceptors (Lipinski definition) is 2. The highest BCUT2D eigenvalue weighted by Crippen LogP contribution is 2.25. The number of sulfonamides is 1. The predicted octanol–water partition coefficient (Wildman–Crippen LogP) is 2.36. The molecule has 0 heterocycles. The van der Waals surface area contributed by atoms with E-state index in [1.54, 1.807) is 0 Å². The second-order valence-corrected chi connectivity index (χ2v) is 5.80. The molecule has 0 spiro atoms. The van der Waals surface area contributed by atoms with Crippen molar-refractivity contribution in [3.8, 4) is 0 Å². The first-order valence-corrected chi connectivity index (χ1v) is 6.90. The molecule has 1 rings (SSSR count). The Hall–Kier alpha value is -0.490. The van der Waals surface area contributed by atoms with Gasteiger partial charge in [-0.1, -0.05) is 25.8 Å². The molecule has 0 aliphatic heterocycles. The molecule has 0 aromatic carbocycles. The maximum absolute atomic E-state index is 12.4. The van der Waals surface area contributed by atoms with Gasteiger partial charge in [0.2, 0.25) is 10.0 Å².